The van der Waals surface area contributed by atoms with E-state index in [1.807, 2.05) is 4.90 Å². The van der Waals surface area contributed by atoms with Gasteiger partial charge in [-0.2, -0.15) is 0 Å². The van der Waals surface area contributed by atoms with Crippen molar-refractivity contribution in [3.05, 3.63) is 23.8 Å². The molecule has 2 saturated heterocycles. The van der Waals surface area contributed by atoms with Crippen molar-refractivity contribution in [1.82, 2.24) is 9.80 Å². The zero-order valence-electron chi connectivity index (χ0n) is 11.8. The molecule has 1 aromatic carbocycles. The average molecular weight is 275 g/mol. The molecule has 2 fully saturated rings. The van der Waals surface area contributed by atoms with Crippen molar-refractivity contribution >= 4 is 11.6 Å². The number of fused-ring (bicyclic) bond motifs is 1. The molecule has 20 heavy (non-hydrogen) atoms. The molecule has 2 aliphatic rings. The number of piperazine rings is 1. The van der Waals surface area contributed by atoms with Gasteiger partial charge >= 0.3 is 0 Å². The second kappa shape index (κ2) is 5.32. The van der Waals surface area contributed by atoms with Gasteiger partial charge in [-0.25, -0.2) is 0 Å². The molecule has 2 N–H and O–H groups in total. The highest BCUT2D eigenvalue weighted by molar-refractivity contribution is 5.99. The minimum absolute atomic E-state index is 0.0212. The fraction of sp³-hybridized carbons (Fsp3) is 0.533. The summed E-state index contributed by atoms with van der Waals surface area (Å²) >= 11 is 0. The lowest BCUT2D eigenvalue weighted by Gasteiger charge is -2.37. The molecule has 0 bridgehead atoms. The number of carbonyl (C=O) groups is 1. The number of nitrogens with two attached hydrogens (primary N) is 1. The largest absolute Gasteiger partial charge is 0.497 e. The number of amides is 1. The Balaban J connectivity index is 1.78. The number of carbonyl (C=O) groups excluding carboxylic acids is 1. The van der Waals surface area contributed by atoms with E-state index in [-0.39, 0.29) is 5.91 Å². The predicted octanol–water partition coefficient (Wildman–Crippen LogP) is 1.20. The number of benzene rings is 1. The lowest BCUT2D eigenvalue weighted by atomic mass is 10.1. The number of nitrogens with zero attached hydrogens (tertiary/aromatic N) is 2. The molecule has 108 valence electrons. The first-order valence-electron chi connectivity index (χ1n) is 7.16. The molecular formula is C15H21N3O2. The molecule has 1 unspecified atom stereocenters. The van der Waals surface area contributed by atoms with Crippen LogP contribution in [0.4, 0.5) is 5.69 Å². The Labute approximate surface area is 119 Å². The highest BCUT2D eigenvalue weighted by Crippen LogP contribution is 2.25. The van der Waals surface area contributed by atoms with Gasteiger partial charge in [0.1, 0.15) is 5.75 Å². The van der Waals surface area contributed by atoms with Gasteiger partial charge in [-0.05, 0) is 37.6 Å². The molecule has 2 heterocycles. The normalized spacial score (nSPS) is 22.6. The fourth-order valence-electron chi connectivity index (χ4n) is 3.19. The maximum Gasteiger partial charge on any atom is 0.256 e. The van der Waals surface area contributed by atoms with Crippen molar-refractivity contribution in [1.29, 1.82) is 0 Å². The van der Waals surface area contributed by atoms with Crippen molar-refractivity contribution in [2.24, 2.45) is 0 Å². The summed E-state index contributed by atoms with van der Waals surface area (Å²) < 4.78 is 5.18. The number of rotatable bonds is 2. The van der Waals surface area contributed by atoms with Crippen LogP contribution in [0.15, 0.2) is 18.2 Å². The van der Waals surface area contributed by atoms with Gasteiger partial charge in [0.15, 0.2) is 0 Å². The summed E-state index contributed by atoms with van der Waals surface area (Å²) in [7, 11) is 1.59. The molecule has 0 radical (unpaired) electrons. The quantitative estimate of drug-likeness (QED) is 0.824. The number of hydrogen-bond donors (Lipinski definition) is 1. The number of nitrogen functional groups attached to an aromatic ring is 1. The van der Waals surface area contributed by atoms with E-state index in [1.165, 1.54) is 19.4 Å². The van der Waals surface area contributed by atoms with E-state index >= 15 is 0 Å². The van der Waals surface area contributed by atoms with E-state index in [9.17, 15) is 4.79 Å². The van der Waals surface area contributed by atoms with Crippen molar-refractivity contribution in [2.75, 3.05) is 39.0 Å². The Morgan fingerprint density at radius 2 is 2.20 bits per heavy atom. The Hall–Kier alpha value is -1.75. The number of anilines is 1. The van der Waals surface area contributed by atoms with E-state index in [1.54, 1.807) is 25.3 Å². The van der Waals surface area contributed by atoms with Crippen LogP contribution >= 0.6 is 0 Å². The van der Waals surface area contributed by atoms with Crippen LogP contribution in [0.1, 0.15) is 23.2 Å². The summed E-state index contributed by atoms with van der Waals surface area (Å²) in [4.78, 5) is 17.1. The van der Waals surface area contributed by atoms with Gasteiger partial charge in [-0.3, -0.25) is 9.69 Å². The first-order chi connectivity index (χ1) is 9.69. The predicted molar refractivity (Wildman–Crippen MR) is 77.9 cm³/mol. The number of methoxy groups -OCH3 is 1. The highest BCUT2D eigenvalue weighted by atomic mass is 16.5. The number of ether oxygens (including phenoxy) is 1. The van der Waals surface area contributed by atoms with Gasteiger partial charge in [0.05, 0.1) is 12.7 Å². The summed E-state index contributed by atoms with van der Waals surface area (Å²) in [6, 6.07) is 5.77. The van der Waals surface area contributed by atoms with E-state index in [4.69, 9.17) is 10.5 Å². The molecule has 3 rings (SSSR count). The van der Waals surface area contributed by atoms with Gasteiger partial charge in [-0.1, -0.05) is 0 Å². The third kappa shape index (κ3) is 2.33. The van der Waals surface area contributed by atoms with Crippen LogP contribution in [0.3, 0.4) is 0 Å². The highest BCUT2D eigenvalue weighted by Gasteiger charge is 2.33. The lowest BCUT2D eigenvalue weighted by molar-refractivity contribution is 0.0572. The van der Waals surface area contributed by atoms with Crippen LogP contribution in [0.25, 0.3) is 0 Å². The number of hydrogen-bond acceptors (Lipinski definition) is 4. The first kappa shape index (κ1) is 13.2. The average Bonchev–Trinajstić information content (AvgIpc) is 2.94. The van der Waals surface area contributed by atoms with Gasteiger partial charge < -0.3 is 15.4 Å². The van der Waals surface area contributed by atoms with E-state index < -0.39 is 0 Å². The molecule has 0 aromatic heterocycles. The van der Waals surface area contributed by atoms with Crippen LogP contribution in [-0.4, -0.2) is 55.0 Å². The Morgan fingerprint density at radius 3 is 3.00 bits per heavy atom. The molecule has 1 amide bonds. The Morgan fingerprint density at radius 1 is 1.35 bits per heavy atom. The molecule has 5 heteroatoms. The van der Waals surface area contributed by atoms with Gasteiger partial charge in [0, 0.05) is 31.4 Å². The molecule has 5 nitrogen and oxygen atoms in total. The van der Waals surface area contributed by atoms with Crippen LogP contribution in [0.2, 0.25) is 0 Å². The van der Waals surface area contributed by atoms with Crippen LogP contribution in [0.5, 0.6) is 5.75 Å². The summed E-state index contributed by atoms with van der Waals surface area (Å²) in [6.07, 6.45) is 2.44. The third-order valence-corrected chi connectivity index (χ3v) is 4.37. The molecule has 2 aliphatic heterocycles. The van der Waals surface area contributed by atoms with E-state index in [0.717, 1.165) is 19.6 Å². The maximum absolute atomic E-state index is 12.6. The second-order valence-electron chi connectivity index (χ2n) is 5.54. The second-order valence-corrected chi connectivity index (χ2v) is 5.54. The van der Waals surface area contributed by atoms with E-state index in [0.29, 0.717) is 23.0 Å². The Bertz CT molecular complexity index is 518. The van der Waals surface area contributed by atoms with Crippen molar-refractivity contribution in [3.8, 4) is 5.75 Å². The SMILES string of the molecule is COc1ccc(N)c(C(=O)N2CCN3CCCC3C2)c1. The van der Waals surface area contributed by atoms with Crippen LogP contribution in [-0.2, 0) is 0 Å². The van der Waals surface area contributed by atoms with Gasteiger partial charge in [-0.15, -0.1) is 0 Å². The standard InChI is InChI=1S/C15H21N3O2/c1-20-12-4-5-14(16)13(9-12)15(19)18-8-7-17-6-2-3-11(17)10-18/h4-5,9,11H,2-3,6-8,10,16H2,1H3. The summed E-state index contributed by atoms with van der Waals surface area (Å²) in [5.74, 6) is 0.690. The lowest BCUT2D eigenvalue weighted by Crippen LogP contribution is -2.52. The van der Waals surface area contributed by atoms with Crippen LogP contribution < -0.4 is 10.5 Å². The Kier molecular flexibility index (Phi) is 3.53. The maximum atomic E-state index is 12.6. The van der Waals surface area contributed by atoms with Crippen molar-refractivity contribution in [2.45, 2.75) is 18.9 Å². The zero-order valence-corrected chi connectivity index (χ0v) is 11.8. The van der Waals surface area contributed by atoms with E-state index in [2.05, 4.69) is 4.90 Å². The minimum Gasteiger partial charge on any atom is -0.497 e. The zero-order chi connectivity index (χ0) is 14.1. The monoisotopic (exact) mass is 275 g/mol. The summed E-state index contributed by atoms with van der Waals surface area (Å²) in [5, 5.41) is 0. The van der Waals surface area contributed by atoms with Crippen molar-refractivity contribution < 1.29 is 9.53 Å². The molecule has 0 spiro atoms. The third-order valence-electron chi connectivity index (χ3n) is 4.37. The van der Waals surface area contributed by atoms with Crippen LogP contribution in [0, 0.1) is 0 Å². The van der Waals surface area contributed by atoms with Gasteiger partial charge in [0.25, 0.3) is 5.91 Å². The molecule has 1 aromatic rings. The smallest absolute Gasteiger partial charge is 0.256 e. The fourth-order valence-corrected chi connectivity index (χ4v) is 3.19. The molecule has 0 aliphatic carbocycles. The molecule has 0 saturated carbocycles. The summed E-state index contributed by atoms with van der Waals surface area (Å²) in [5.41, 5.74) is 7.01. The van der Waals surface area contributed by atoms with Crippen molar-refractivity contribution in [3.63, 3.8) is 0 Å². The van der Waals surface area contributed by atoms with Gasteiger partial charge in [0.2, 0.25) is 0 Å². The molecule has 1 atom stereocenters. The topological polar surface area (TPSA) is 58.8 Å². The first-order valence-corrected chi connectivity index (χ1v) is 7.16. The minimum atomic E-state index is 0.0212. The molecular weight excluding hydrogens is 254 g/mol. The summed E-state index contributed by atoms with van der Waals surface area (Å²) in [6.45, 7) is 3.75.